The molecule has 0 aromatic rings. The van der Waals surface area contributed by atoms with Crippen LogP contribution < -0.4 is 24.8 Å². The van der Waals surface area contributed by atoms with Crippen LogP contribution in [0.1, 0.15) is 0 Å². The van der Waals surface area contributed by atoms with Gasteiger partial charge in [-0.05, 0) is 0 Å². The summed E-state index contributed by atoms with van der Waals surface area (Å²) in [5.41, 5.74) is 0. The van der Waals surface area contributed by atoms with Crippen LogP contribution in [0.4, 0.5) is 0 Å². The Balaban J connectivity index is -0.0000000267. The van der Waals surface area contributed by atoms with Gasteiger partial charge < -0.3 is 29.3 Å². The maximum atomic E-state index is 2.12. The normalized spacial score (nSPS) is 7.50. The molecule has 0 heterocycles. The molecular formula is C4H12Cl2FeN-. The molecule has 0 fully saturated rings. The van der Waals surface area contributed by atoms with Gasteiger partial charge in [0.05, 0.1) is 28.2 Å². The van der Waals surface area contributed by atoms with Gasteiger partial charge in [0.15, 0.2) is 0 Å². The van der Waals surface area contributed by atoms with E-state index in [0.29, 0.717) is 0 Å². The second-order valence-corrected chi connectivity index (χ2v) is 2.68. The first kappa shape index (κ1) is 23.0. The molecule has 1 nitrogen and oxygen atoms in total. The van der Waals surface area contributed by atoms with E-state index in [2.05, 4.69) is 28.2 Å². The summed E-state index contributed by atoms with van der Waals surface area (Å²) < 4.78 is 1.00. The first-order valence-corrected chi connectivity index (χ1v) is 1.79. The third kappa shape index (κ3) is 231. The first-order valence-electron chi connectivity index (χ1n) is 1.79. The molecule has 8 heavy (non-hydrogen) atoms. The van der Waals surface area contributed by atoms with Gasteiger partial charge in [-0.15, -0.1) is 0 Å². The zero-order chi connectivity index (χ0) is 4.50. The number of halogens is 2. The Morgan fingerprint density at radius 1 is 0.750 bits per heavy atom. The maximum absolute atomic E-state index is 2.12. The van der Waals surface area contributed by atoms with Crippen LogP contribution in [0, 0.1) is 0 Å². The number of nitrogens with zero attached hydrogens (tertiary/aromatic N) is 1. The van der Waals surface area contributed by atoms with Crippen molar-refractivity contribution >= 4 is 0 Å². The molecule has 0 unspecified atom stereocenters. The molecule has 0 atom stereocenters. The van der Waals surface area contributed by atoms with Crippen LogP contribution in [0.3, 0.4) is 0 Å². The monoisotopic (exact) mass is 200 g/mol. The fourth-order valence-corrected chi connectivity index (χ4v) is 0. The van der Waals surface area contributed by atoms with Gasteiger partial charge in [-0.25, -0.2) is 0 Å². The maximum Gasteiger partial charge on any atom is 0.0675 e. The van der Waals surface area contributed by atoms with E-state index >= 15 is 0 Å². The summed E-state index contributed by atoms with van der Waals surface area (Å²) in [4.78, 5) is 0. The summed E-state index contributed by atoms with van der Waals surface area (Å²) in [6, 6.07) is 0. The van der Waals surface area contributed by atoms with E-state index in [1.807, 2.05) is 0 Å². The van der Waals surface area contributed by atoms with Gasteiger partial charge in [0.1, 0.15) is 0 Å². The zero-order valence-electron chi connectivity index (χ0n) is 5.56. The van der Waals surface area contributed by atoms with Crippen molar-refractivity contribution in [3.8, 4) is 0 Å². The van der Waals surface area contributed by atoms with Crippen molar-refractivity contribution in [1.29, 1.82) is 0 Å². The van der Waals surface area contributed by atoms with Crippen LogP contribution in [0.5, 0.6) is 0 Å². The zero-order valence-corrected chi connectivity index (χ0v) is 8.17. The standard InChI is InChI=1S/C4H12N.2ClH.Fe/c1-5(2,3)4;;;/h1-4H3;2*1H;/q+1;;;/p-2. The molecule has 0 aromatic heterocycles. The summed E-state index contributed by atoms with van der Waals surface area (Å²) in [5.74, 6) is 0. The van der Waals surface area contributed by atoms with Gasteiger partial charge in [-0.2, -0.15) is 0 Å². The Hall–Kier alpha value is 1.06. The van der Waals surface area contributed by atoms with Crippen LogP contribution in [-0.2, 0) is 17.1 Å². The molecule has 0 bridgehead atoms. The SMILES string of the molecule is C[N+](C)(C)C.[Cl-].[Cl-].[Fe]. The van der Waals surface area contributed by atoms with Gasteiger partial charge in [0, 0.05) is 17.1 Å². The minimum absolute atomic E-state index is 0. The molecule has 0 N–H and O–H groups in total. The van der Waals surface area contributed by atoms with E-state index in [0.717, 1.165) is 4.48 Å². The molecule has 0 aliphatic rings. The van der Waals surface area contributed by atoms with Crippen molar-refractivity contribution in [3.63, 3.8) is 0 Å². The largest absolute Gasteiger partial charge is 1.00 e. The van der Waals surface area contributed by atoms with Gasteiger partial charge >= 0.3 is 0 Å². The molecule has 0 saturated carbocycles. The number of quaternary nitrogens is 1. The van der Waals surface area contributed by atoms with Gasteiger partial charge in [-0.1, -0.05) is 0 Å². The van der Waals surface area contributed by atoms with E-state index in [9.17, 15) is 0 Å². The predicted octanol–water partition coefficient (Wildman–Crippen LogP) is -5.67. The van der Waals surface area contributed by atoms with Gasteiger partial charge in [0.2, 0.25) is 0 Å². The number of rotatable bonds is 0. The molecular weight excluding hydrogens is 189 g/mol. The Bertz CT molecular complexity index is 29.5. The molecule has 0 radical (unpaired) electrons. The second-order valence-electron chi connectivity index (χ2n) is 2.68. The van der Waals surface area contributed by atoms with E-state index in [-0.39, 0.29) is 41.9 Å². The Labute approximate surface area is 74.7 Å². The number of hydrogen-bond acceptors (Lipinski definition) is 0. The summed E-state index contributed by atoms with van der Waals surface area (Å²) in [7, 11) is 8.50. The quantitative estimate of drug-likeness (QED) is 0.270. The molecule has 0 aromatic carbocycles. The second kappa shape index (κ2) is 8.06. The predicted molar refractivity (Wildman–Crippen MR) is 24.0 cm³/mol. The molecule has 56 valence electrons. The molecule has 0 amide bonds. The smallest absolute Gasteiger partial charge is 0.0675 e. The molecule has 4 heteroatoms. The van der Waals surface area contributed by atoms with Crippen LogP contribution in [0.2, 0.25) is 0 Å². The fourth-order valence-electron chi connectivity index (χ4n) is 0. The van der Waals surface area contributed by atoms with Gasteiger partial charge in [-0.3, -0.25) is 0 Å². The topological polar surface area (TPSA) is 0 Å². The summed E-state index contributed by atoms with van der Waals surface area (Å²) >= 11 is 0. The molecule has 0 spiro atoms. The van der Waals surface area contributed by atoms with Crippen molar-refractivity contribution < 1.29 is 46.4 Å². The van der Waals surface area contributed by atoms with Crippen molar-refractivity contribution in [3.05, 3.63) is 0 Å². The minimum atomic E-state index is 0. The van der Waals surface area contributed by atoms with Crippen LogP contribution in [-0.4, -0.2) is 32.7 Å². The number of hydrogen-bond donors (Lipinski definition) is 0. The molecule has 0 rings (SSSR count). The molecule has 0 saturated heterocycles. The van der Waals surface area contributed by atoms with E-state index < -0.39 is 0 Å². The van der Waals surface area contributed by atoms with Crippen molar-refractivity contribution in [1.82, 2.24) is 0 Å². The molecule has 0 aliphatic heterocycles. The Kier molecular flexibility index (Phi) is 23.2. The third-order valence-electron chi connectivity index (χ3n) is 0. The van der Waals surface area contributed by atoms with Gasteiger partial charge in [0.25, 0.3) is 0 Å². The van der Waals surface area contributed by atoms with Crippen molar-refractivity contribution in [2.24, 2.45) is 0 Å². The first-order chi connectivity index (χ1) is 2.00. The fraction of sp³-hybridized carbons (Fsp3) is 1.00. The van der Waals surface area contributed by atoms with E-state index in [4.69, 9.17) is 0 Å². The van der Waals surface area contributed by atoms with Crippen LogP contribution in [0.15, 0.2) is 0 Å². The summed E-state index contributed by atoms with van der Waals surface area (Å²) in [6.07, 6.45) is 0. The molecule has 0 aliphatic carbocycles. The van der Waals surface area contributed by atoms with Crippen molar-refractivity contribution in [2.45, 2.75) is 0 Å². The van der Waals surface area contributed by atoms with Crippen LogP contribution >= 0.6 is 0 Å². The average molecular weight is 201 g/mol. The Morgan fingerprint density at radius 3 is 0.750 bits per heavy atom. The third-order valence-corrected chi connectivity index (χ3v) is 0. The Morgan fingerprint density at radius 2 is 0.750 bits per heavy atom. The van der Waals surface area contributed by atoms with E-state index in [1.54, 1.807) is 0 Å². The summed E-state index contributed by atoms with van der Waals surface area (Å²) in [5, 5.41) is 0. The minimum Gasteiger partial charge on any atom is -1.00 e. The summed E-state index contributed by atoms with van der Waals surface area (Å²) in [6.45, 7) is 0. The average Bonchev–Trinajstić information content (AvgIpc) is 0.722. The van der Waals surface area contributed by atoms with Crippen LogP contribution in [0.25, 0.3) is 0 Å². The van der Waals surface area contributed by atoms with Crippen molar-refractivity contribution in [2.75, 3.05) is 28.2 Å². The van der Waals surface area contributed by atoms with E-state index in [1.165, 1.54) is 0 Å².